The molecule has 17 heavy (non-hydrogen) atoms. The van der Waals surface area contributed by atoms with E-state index in [2.05, 4.69) is 18.7 Å². The van der Waals surface area contributed by atoms with Crippen molar-refractivity contribution in [3.8, 4) is 0 Å². The highest BCUT2D eigenvalue weighted by atomic mass is 32.2. The molecule has 0 spiro atoms. The topological polar surface area (TPSA) is 46.2 Å². The van der Waals surface area contributed by atoms with Crippen molar-refractivity contribution < 1.29 is 5.11 Å². The summed E-state index contributed by atoms with van der Waals surface area (Å²) < 4.78 is 0. The van der Waals surface area contributed by atoms with Crippen molar-refractivity contribution >= 4 is 11.8 Å². The van der Waals surface area contributed by atoms with Crippen LogP contribution in [0.2, 0.25) is 0 Å². The van der Waals surface area contributed by atoms with Gasteiger partial charge in [-0.2, -0.15) is 11.8 Å². The monoisotopic (exact) mass is 257 g/mol. The van der Waals surface area contributed by atoms with Gasteiger partial charge < -0.3 is 10.8 Å². The Morgan fingerprint density at radius 2 is 2.00 bits per heavy atom. The molecular formula is C14H27NOS. The zero-order chi connectivity index (χ0) is 12.3. The van der Waals surface area contributed by atoms with Crippen LogP contribution in [0.3, 0.4) is 0 Å². The summed E-state index contributed by atoms with van der Waals surface area (Å²) in [7, 11) is 0. The average Bonchev–Trinajstić information content (AvgIpc) is 2.29. The largest absolute Gasteiger partial charge is 0.394 e. The molecule has 0 aromatic carbocycles. The van der Waals surface area contributed by atoms with Gasteiger partial charge in [0.1, 0.15) is 0 Å². The summed E-state index contributed by atoms with van der Waals surface area (Å²) >= 11 is 2.17. The van der Waals surface area contributed by atoms with Crippen LogP contribution in [0, 0.1) is 5.92 Å². The maximum atomic E-state index is 9.38. The third kappa shape index (κ3) is 3.87. The molecule has 2 aliphatic carbocycles. The summed E-state index contributed by atoms with van der Waals surface area (Å²) in [5, 5.41) is 10.9. The Bertz CT molecular complexity index is 248. The van der Waals surface area contributed by atoms with Crippen LogP contribution in [0.4, 0.5) is 0 Å². The lowest BCUT2D eigenvalue weighted by molar-refractivity contribution is 0.159. The number of aliphatic hydroxyl groups excluding tert-OH is 1. The van der Waals surface area contributed by atoms with E-state index >= 15 is 0 Å². The third-order valence-electron chi connectivity index (χ3n) is 4.42. The van der Waals surface area contributed by atoms with E-state index < -0.39 is 0 Å². The molecule has 100 valence electrons. The van der Waals surface area contributed by atoms with Crippen LogP contribution < -0.4 is 5.73 Å². The summed E-state index contributed by atoms with van der Waals surface area (Å²) in [4.78, 5) is 0. The smallest absolute Gasteiger partial charge is 0.0611 e. The number of rotatable bonds is 3. The first-order chi connectivity index (χ1) is 8.11. The van der Waals surface area contributed by atoms with Gasteiger partial charge in [-0.25, -0.2) is 0 Å². The van der Waals surface area contributed by atoms with Gasteiger partial charge in [-0.3, -0.25) is 0 Å². The van der Waals surface area contributed by atoms with Gasteiger partial charge >= 0.3 is 0 Å². The highest BCUT2D eigenvalue weighted by Gasteiger charge is 2.34. The van der Waals surface area contributed by atoms with Crippen molar-refractivity contribution in [2.24, 2.45) is 11.7 Å². The van der Waals surface area contributed by atoms with E-state index in [1.807, 2.05) is 0 Å². The molecule has 0 aromatic rings. The Hall–Kier alpha value is 0.270. The van der Waals surface area contributed by atoms with Gasteiger partial charge in [-0.1, -0.05) is 26.2 Å². The first kappa shape index (κ1) is 13.7. The van der Waals surface area contributed by atoms with Crippen molar-refractivity contribution in [2.75, 3.05) is 6.61 Å². The summed E-state index contributed by atoms with van der Waals surface area (Å²) in [6.07, 6.45) is 10.1. The van der Waals surface area contributed by atoms with Gasteiger partial charge in [0.05, 0.1) is 6.61 Å². The molecule has 0 aliphatic heterocycles. The predicted octanol–water partition coefficient (Wildman–Crippen LogP) is 2.93. The highest BCUT2D eigenvalue weighted by molar-refractivity contribution is 8.00. The van der Waals surface area contributed by atoms with Crippen molar-refractivity contribution in [3.63, 3.8) is 0 Å². The lowest BCUT2D eigenvalue weighted by atomic mass is 9.83. The molecule has 0 saturated heterocycles. The van der Waals surface area contributed by atoms with E-state index in [-0.39, 0.29) is 12.1 Å². The molecule has 2 fully saturated rings. The van der Waals surface area contributed by atoms with Gasteiger partial charge in [0.15, 0.2) is 0 Å². The van der Waals surface area contributed by atoms with E-state index in [0.29, 0.717) is 5.25 Å². The molecule has 0 heterocycles. The zero-order valence-electron chi connectivity index (χ0n) is 11.0. The minimum absolute atomic E-state index is 0.158. The zero-order valence-corrected chi connectivity index (χ0v) is 11.8. The number of nitrogens with two attached hydrogens (primary N) is 1. The molecule has 0 bridgehead atoms. The Morgan fingerprint density at radius 1 is 1.24 bits per heavy atom. The van der Waals surface area contributed by atoms with Crippen LogP contribution in [0.25, 0.3) is 0 Å². The van der Waals surface area contributed by atoms with E-state index in [4.69, 9.17) is 5.73 Å². The van der Waals surface area contributed by atoms with E-state index in [0.717, 1.165) is 24.0 Å². The molecule has 3 N–H and O–H groups in total. The van der Waals surface area contributed by atoms with Gasteiger partial charge in [-0.05, 0) is 38.0 Å². The molecule has 0 radical (unpaired) electrons. The standard InChI is InChI=1S/C14H27NOS/c1-11-4-2-5-12(8-11)17-13-6-3-7-14(15,9-13)10-16/h11-13,16H,2-10,15H2,1H3. The molecule has 0 amide bonds. The lowest BCUT2D eigenvalue weighted by Crippen LogP contribution is -2.48. The van der Waals surface area contributed by atoms with Crippen molar-refractivity contribution in [2.45, 2.75) is 74.3 Å². The maximum absolute atomic E-state index is 9.38. The summed E-state index contributed by atoms with van der Waals surface area (Å²) in [6, 6.07) is 0. The fourth-order valence-corrected chi connectivity index (χ4v) is 5.39. The minimum Gasteiger partial charge on any atom is -0.394 e. The second-order valence-electron chi connectivity index (χ2n) is 6.27. The van der Waals surface area contributed by atoms with Gasteiger partial charge in [0.25, 0.3) is 0 Å². The molecule has 0 aromatic heterocycles. The summed E-state index contributed by atoms with van der Waals surface area (Å²) in [5.74, 6) is 0.908. The number of aliphatic hydroxyl groups is 1. The molecule has 2 nitrogen and oxygen atoms in total. The van der Waals surface area contributed by atoms with Gasteiger partial charge in [0, 0.05) is 16.0 Å². The molecule has 3 heteroatoms. The normalized spacial score (nSPS) is 43.6. The highest BCUT2D eigenvalue weighted by Crippen LogP contribution is 2.40. The Kier molecular flexibility index (Phi) is 4.79. The fraction of sp³-hybridized carbons (Fsp3) is 1.00. The Labute approximate surface area is 110 Å². The fourth-order valence-electron chi connectivity index (χ4n) is 3.37. The van der Waals surface area contributed by atoms with Crippen LogP contribution in [0.15, 0.2) is 0 Å². The lowest BCUT2D eigenvalue weighted by Gasteiger charge is -2.38. The van der Waals surface area contributed by atoms with Crippen LogP contribution in [0.1, 0.15) is 58.3 Å². The number of hydrogen-bond acceptors (Lipinski definition) is 3. The summed E-state index contributed by atoms with van der Waals surface area (Å²) in [6.45, 7) is 2.54. The number of thioether (sulfide) groups is 1. The van der Waals surface area contributed by atoms with Crippen LogP contribution >= 0.6 is 11.8 Å². The maximum Gasteiger partial charge on any atom is 0.0611 e. The SMILES string of the molecule is CC1CCCC(SC2CCCC(N)(CO)C2)C1. The Morgan fingerprint density at radius 3 is 2.71 bits per heavy atom. The molecule has 2 aliphatic rings. The Balaban J connectivity index is 1.82. The molecule has 2 rings (SSSR count). The van der Waals surface area contributed by atoms with Crippen molar-refractivity contribution in [3.05, 3.63) is 0 Å². The van der Waals surface area contributed by atoms with E-state index in [1.165, 1.54) is 38.5 Å². The van der Waals surface area contributed by atoms with E-state index in [9.17, 15) is 5.11 Å². The number of hydrogen-bond donors (Lipinski definition) is 2. The predicted molar refractivity (Wildman–Crippen MR) is 75.3 cm³/mol. The summed E-state index contributed by atoms with van der Waals surface area (Å²) in [5.41, 5.74) is 5.94. The van der Waals surface area contributed by atoms with Crippen LogP contribution in [0.5, 0.6) is 0 Å². The van der Waals surface area contributed by atoms with Crippen LogP contribution in [-0.2, 0) is 0 Å². The minimum atomic E-state index is -0.282. The molecular weight excluding hydrogens is 230 g/mol. The second kappa shape index (κ2) is 5.94. The quantitative estimate of drug-likeness (QED) is 0.817. The second-order valence-corrected chi connectivity index (χ2v) is 7.87. The van der Waals surface area contributed by atoms with Crippen molar-refractivity contribution in [1.29, 1.82) is 0 Å². The van der Waals surface area contributed by atoms with E-state index in [1.54, 1.807) is 0 Å². The van der Waals surface area contributed by atoms with Gasteiger partial charge in [0.2, 0.25) is 0 Å². The first-order valence-corrected chi connectivity index (χ1v) is 8.11. The first-order valence-electron chi connectivity index (χ1n) is 7.16. The van der Waals surface area contributed by atoms with Crippen LogP contribution in [-0.4, -0.2) is 27.8 Å². The molecule has 2 saturated carbocycles. The molecule has 4 unspecified atom stereocenters. The van der Waals surface area contributed by atoms with Crippen molar-refractivity contribution in [1.82, 2.24) is 0 Å². The van der Waals surface area contributed by atoms with Gasteiger partial charge in [-0.15, -0.1) is 0 Å². The third-order valence-corrected chi connectivity index (χ3v) is 6.02. The average molecular weight is 257 g/mol. The molecule has 4 atom stereocenters.